The van der Waals surface area contributed by atoms with E-state index in [9.17, 15) is 17.6 Å². The minimum Gasteiger partial charge on any atom is -0.476 e. The molecule has 0 aliphatic heterocycles. The van der Waals surface area contributed by atoms with E-state index in [0.717, 1.165) is 18.2 Å². The fraction of sp³-hybridized carbons (Fsp3) is 0.182. The maximum atomic E-state index is 13.0. The van der Waals surface area contributed by atoms with Crippen LogP contribution in [0, 0.1) is 5.82 Å². The lowest BCUT2D eigenvalue weighted by Crippen LogP contribution is -2.27. The third-order valence-corrected chi connectivity index (χ3v) is 4.34. The number of nitrogens with one attached hydrogen (secondary N) is 1. The van der Waals surface area contributed by atoms with Crippen molar-refractivity contribution in [3.8, 4) is 0 Å². The highest BCUT2D eigenvalue weighted by molar-refractivity contribution is 7.89. The van der Waals surface area contributed by atoms with Crippen LogP contribution in [0.3, 0.4) is 0 Å². The average molecular weight is 349 g/mol. The molecule has 0 aliphatic carbocycles. The van der Waals surface area contributed by atoms with Gasteiger partial charge in [-0.25, -0.2) is 22.3 Å². The molecular weight excluding hydrogens is 339 g/mol. The maximum absolute atomic E-state index is 13.0. The number of sulfonamides is 1. The van der Waals surface area contributed by atoms with Gasteiger partial charge in [-0.15, -0.1) is 5.10 Å². The second-order valence-corrected chi connectivity index (χ2v) is 6.32. The van der Waals surface area contributed by atoms with Gasteiger partial charge in [0.05, 0.1) is 22.7 Å². The fourth-order valence-corrected chi connectivity index (χ4v) is 2.82. The Balaban J connectivity index is 2.00. The van der Waals surface area contributed by atoms with Crippen molar-refractivity contribution in [3.05, 3.63) is 40.9 Å². The topological polar surface area (TPSA) is 114 Å². The second-order valence-electron chi connectivity index (χ2n) is 4.15. The Morgan fingerprint density at radius 2 is 2.18 bits per heavy atom. The van der Waals surface area contributed by atoms with Gasteiger partial charge in [0, 0.05) is 6.54 Å². The van der Waals surface area contributed by atoms with Gasteiger partial charge in [0.25, 0.3) is 0 Å². The first kappa shape index (κ1) is 16.3. The number of carboxylic acids is 1. The average Bonchev–Trinajstić information content (AvgIpc) is 2.90. The number of benzene rings is 1. The first-order chi connectivity index (χ1) is 10.3. The molecule has 11 heteroatoms. The molecular formula is C11H10ClFN4O4S. The molecule has 1 aromatic carbocycles. The van der Waals surface area contributed by atoms with Crippen LogP contribution in [-0.4, -0.2) is 41.0 Å². The van der Waals surface area contributed by atoms with Crippen LogP contribution in [0.1, 0.15) is 10.5 Å². The van der Waals surface area contributed by atoms with Crippen molar-refractivity contribution >= 4 is 27.6 Å². The van der Waals surface area contributed by atoms with Crippen molar-refractivity contribution in [2.24, 2.45) is 0 Å². The summed E-state index contributed by atoms with van der Waals surface area (Å²) in [5.74, 6) is -1.95. The van der Waals surface area contributed by atoms with Crippen LogP contribution in [0.2, 0.25) is 5.02 Å². The molecule has 1 aromatic heterocycles. The molecule has 0 saturated carbocycles. The summed E-state index contributed by atoms with van der Waals surface area (Å²) >= 11 is 5.54. The van der Waals surface area contributed by atoms with Gasteiger partial charge in [-0.1, -0.05) is 16.8 Å². The van der Waals surface area contributed by atoms with Crippen LogP contribution >= 0.6 is 11.6 Å². The summed E-state index contributed by atoms with van der Waals surface area (Å²) in [6, 6.07) is 3.03. The second kappa shape index (κ2) is 6.38. The lowest BCUT2D eigenvalue weighted by atomic mass is 10.3. The lowest BCUT2D eigenvalue weighted by molar-refractivity contribution is 0.0690. The van der Waals surface area contributed by atoms with Gasteiger partial charge < -0.3 is 5.11 Å². The van der Waals surface area contributed by atoms with Gasteiger partial charge in [0.2, 0.25) is 10.0 Å². The number of halogens is 2. The minimum absolute atomic E-state index is 0.0558. The van der Waals surface area contributed by atoms with E-state index in [0.29, 0.717) is 0 Å². The van der Waals surface area contributed by atoms with E-state index < -0.39 is 21.8 Å². The Bertz CT molecular complexity index is 808. The first-order valence-corrected chi connectivity index (χ1v) is 7.74. The summed E-state index contributed by atoms with van der Waals surface area (Å²) in [7, 11) is -3.86. The fourth-order valence-electron chi connectivity index (χ4n) is 1.53. The number of carbonyl (C=O) groups is 1. The Kier molecular flexibility index (Phi) is 4.74. The Labute approximate surface area is 129 Å². The molecule has 0 fully saturated rings. The van der Waals surface area contributed by atoms with Gasteiger partial charge in [0.15, 0.2) is 5.69 Å². The van der Waals surface area contributed by atoms with Crippen molar-refractivity contribution in [1.29, 1.82) is 0 Å². The van der Waals surface area contributed by atoms with E-state index in [1.807, 2.05) is 0 Å². The highest BCUT2D eigenvalue weighted by atomic mass is 35.5. The Morgan fingerprint density at radius 3 is 2.77 bits per heavy atom. The number of carboxylic acid groups (broad SMARTS) is 1. The van der Waals surface area contributed by atoms with Crippen LogP contribution in [0.25, 0.3) is 0 Å². The Hall–Kier alpha value is -2.04. The summed E-state index contributed by atoms with van der Waals surface area (Å²) in [5.41, 5.74) is -0.242. The number of rotatable bonds is 6. The molecule has 0 aliphatic rings. The number of hydrogen-bond acceptors (Lipinski definition) is 5. The molecule has 2 rings (SSSR count). The van der Waals surface area contributed by atoms with E-state index >= 15 is 0 Å². The van der Waals surface area contributed by atoms with E-state index in [-0.39, 0.29) is 28.7 Å². The smallest absolute Gasteiger partial charge is 0.358 e. The normalized spacial score (nSPS) is 11.5. The summed E-state index contributed by atoms with van der Waals surface area (Å²) in [6.07, 6.45) is 1.17. The van der Waals surface area contributed by atoms with Crippen LogP contribution in [0.4, 0.5) is 4.39 Å². The molecule has 0 radical (unpaired) electrons. The zero-order valence-corrected chi connectivity index (χ0v) is 12.5. The molecule has 1 heterocycles. The number of nitrogens with zero attached hydrogens (tertiary/aromatic N) is 3. The lowest BCUT2D eigenvalue weighted by Gasteiger charge is -2.07. The Morgan fingerprint density at radius 1 is 1.45 bits per heavy atom. The molecule has 0 bridgehead atoms. The van der Waals surface area contributed by atoms with Crippen molar-refractivity contribution in [1.82, 2.24) is 19.7 Å². The van der Waals surface area contributed by atoms with Crippen molar-refractivity contribution in [2.75, 3.05) is 6.54 Å². The summed E-state index contributed by atoms with van der Waals surface area (Å²) < 4.78 is 40.4. The van der Waals surface area contributed by atoms with Gasteiger partial charge >= 0.3 is 5.97 Å². The number of aromatic carboxylic acids is 1. The quantitative estimate of drug-likeness (QED) is 0.796. The standard InChI is InChI=1S/C11H10ClFN4O4S/c12-8-5-7(1-2-9(8)13)22(20,21)14-3-4-17-6-10(11(18)19)15-16-17/h1-2,5-6,14H,3-4H2,(H,18,19). The molecule has 0 amide bonds. The van der Waals surface area contributed by atoms with E-state index in [4.69, 9.17) is 16.7 Å². The molecule has 8 nitrogen and oxygen atoms in total. The summed E-state index contributed by atoms with van der Waals surface area (Å²) in [5, 5.41) is 15.3. The van der Waals surface area contributed by atoms with Crippen LogP contribution in [0.5, 0.6) is 0 Å². The highest BCUT2D eigenvalue weighted by Crippen LogP contribution is 2.19. The van der Waals surface area contributed by atoms with Crippen LogP contribution < -0.4 is 4.72 Å². The monoisotopic (exact) mass is 348 g/mol. The highest BCUT2D eigenvalue weighted by Gasteiger charge is 2.15. The zero-order valence-electron chi connectivity index (χ0n) is 10.9. The van der Waals surface area contributed by atoms with Gasteiger partial charge in [-0.2, -0.15) is 0 Å². The number of hydrogen-bond donors (Lipinski definition) is 2. The van der Waals surface area contributed by atoms with Crippen molar-refractivity contribution < 1.29 is 22.7 Å². The third kappa shape index (κ3) is 3.78. The van der Waals surface area contributed by atoms with Crippen LogP contribution in [-0.2, 0) is 16.6 Å². The van der Waals surface area contributed by atoms with E-state index in [1.54, 1.807) is 0 Å². The van der Waals surface area contributed by atoms with Gasteiger partial charge in [0.1, 0.15) is 5.82 Å². The van der Waals surface area contributed by atoms with Crippen molar-refractivity contribution in [2.45, 2.75) is 11.4 Å². The van der Waals surface area contributed by atoms with Gasteiger partial charge in [-0.3, -0.25) is 4.68 Å². The molecule has 2 N–H and O–H groups in total. The SMILES string of the molecule is O=C(O)c1cn(CCNS(=O)(=O)c2ccc(F)c(Cl)c2)nn1. The predicted molar refractivity (Wildman–Crippen MR) is 73.6 cm³/mol. The molecule has 118 valence electrons. The molecule has 0 spiro atoms. The molecule has 0 atom stereocenters. The van der Waals surface area contributed by atoms with Crippen LogP contribution in [0.15, 0.2) is 29.3 Å². The molecule has 0 unspecified atom stereocenters. The largest absolute Gasteiger partial charge is 0.476 e. The zero-order chi connectivity index (χ0) is 16.3. The minimum atomic E-state index is -3.86. The summed E-state index contributed by atoms with van der Waals surface area (Å²) in [6.45, 7) is 0.0220. The van der Waals surface area contributed by atoms with E-state index in [1.165, 1.54) is 10.9 Å². The first-order valence-electron chi connectivity index (χ1n) is 5.88. The third-order valence-electron chi connectivity index (χ3n) is 2.59. The molecule has 22 heavy (non-hydrogen) atoms. The predicted octanol–water partition coefficient (Wildman–Crippen LogP) is 0.747. The molecule has 2 aromatic rings. The van der Waals surface area contributed by atoms with E-state index in [2.05, 4.69) is 15.0 Å². The molecule has 0 saturated heterocycles. The maximum Gasteiger partial charge on any atom is 0.358 e. The van der Waals surface area contributed by atoms with Crippen molar-refractivity contribution in [3.63, 3.8) is 0 Å². The van der Waals surface area contributed by atoms with Gasteiger partial charge in [-0.05, 0) is 18.2 Å². The number of aromatic nitrogens is 3. The summed E-state index contributed by atoms with van der Waals surface area (Å²) in [4.78, 5) is 10.4.